The molecule has 2 aromatic rings. The Morgan fingerprint density at radius 2 is 1.69 bits per heavy atom. The highest BCUT2D eigenvalue weighted by molar-refractivity contribution is 5.82. The van der Waals surface area contributed by atoms with Crippen molar-refractivity contribution < 1.29 is 23.8 Å². The molecule has 0 radical (unpaired) electrons. The topological polar surface area (TPSA) is 91.1 Å². The number of carbonyl (C=O) groups is 2. The lowest BCUT2D eigenvalue weighted by Gasteiger charge is -2.29. The molecule has 0 aromatic heterocycles. The lowest BCUT2D eigenvalue weighted by atomic mass is 9.99. The number of morpholine rings is 1. The maximum atomic E-state index is 12.5. The molecule has 1 aliphatic rings. The van der Waals surface area contributed by atoms with Crippen molar-refractivity contribution in [2.24, 2.45) is 5.73 Å². The second kappa shape index (κ2) is 11.1. The van der Waals surface area contributed by atoms with Gasteiger partial charge in [-0.15, -0.1) is 0 Å². The first-order valence-electron chi connectivity index (χ1n) is 11.0. The molecule has 1 heterocycles. The standard InChI is InChI=1S/C25H32N2O5/c1-25(2,13-12-19-6-4-3-5-7-19)32-24(29)31-21-10-8-20(9-11-21)18-22(26)23(28)27-14-16-30-17-15-27/h3-11,22H,12-18,26H2,1-2H3/t22-/m0/s1. The quantitative estimate of drug-likeness (QED) is 0.500. The minimum absolute atomic E-state index is 0.0741. The molecule has 3 rings (SSSR count). The Bertz CT molecular complexity index is 877. The van der Waals surface area contributed by atoms with Crippen LogP contribution in [0, 0.1) is 0 Å². The van der Waals surface area contributed by atoms with E-state index in [4.69, 9.17) is 19.9 Å². The molecular weight excluding hydrogens is 408 g/mol. The van der Waals surface area contributed by atoms with Crippen molar-refractivity contribution in [3.63, 3.8) is 0 Å². The molecule has 0 saturated carbocycles. The van der Waals surface area contributed by atoms with Crippen LogP contribution in [0.2, 0.25) is 0 Å². The number of rotatable bonds is 8. The van der Waals surface area contributed by atoms with E-state index in [1.165, 1.54) is 5.56 Å². The lowest BCUT2D eigenvalue weighted by molar-refractivity contribution is -0.136. The number of ether oxygens (including phenoxy) is 3. The molecule has 7 nitrogen and oxygen atoms in total. The van der Waals surface area contributed by atoms with Crippen LogP contribution < -0.4 is 10.5 Å². The number of carbonyl (C=O) groups excluding carboxylic acids is 2. The van der Waals surface area contributed by atoms with Crippen LogP contribution >= 0.6 is 0 Å². The molecular formula is C25H32N2O5. The lowest BCUT2D eigenvalue weighted by Crippen LogP contribution is -2.49. The maximum Gasteiger partial charge on any atom is 0.514 e. The summed E-state index contributed by atoms with van der Waals surface area (Å²) >= 11 is 0. The minimum Gasteiger partial charge on any atom is -0.428 e. The van der Waals surface area contributed by atoms with Gasteiger partial charge in [-0.25, -0.2) is 4.79 Å². The molecule has 1 saturated heterocycles. The van der Waals surface area contributed by atoms with Crippen LogP contribution in [0.15, 0.2) is 54.6 Å². The van der Waals surface area contributed by atoms with E-state index in [-0.39, 0.29) is 5.91 Å². The molecule has 2 N–H and O–H groups in total. The van der Waals surface area contributed by atoms with Gasteiger partial charge in [-0.3, -0.25) is 4.79 Å². The minimum atomic E-state index is -0.741. The zero-order valence-corrected chi connectivity index (χ0v) is 18.8. The molecule has 7 heteroatoms. The van der Waals surface area contributed by atoms with E-state index in [0.29, 0.717) is 44.9 Å². The van der Waals surface area contributed by atoms with E-state index in [2.05, 4.69) is 12.1 Å². The zero-order chi connectivity index (χ0) is 23.0. The van der Waals surface area contributed by atoms with Crippen molar-refractivity contribution >= 4 is 12.1 Å². The molecule has 1 amide bonds. The summed E-state index contributed by atoms with van der Waals surface area (Å²) in [7, 11) is 0. The fraction of sp³-hybridized carbons (Fsp3) is 0.440. The summed E-state index contributed by atoms with van der Waals surface area (Å²) < 4.78 is 16.1. The molecule has 1 atom stereocenters. The highest BCUT2D eigenvalue weighted by atomic mass is 16.7. The van der Waals surface area contributed by atoms with E-state index in [0.717, 1.165) is 12.0 Å². The van der Waals surface area contributed by atoms with Crippen molar-refractivity contribution in [3.8, 4) is 5.75 Å². The Labute approximate surface area is 189 Å². The van der Waals surface area contributed by atoms with Crippen molar-refractivity contribution in [3.05, 3.63) is 65.7 Å². The number of amides is 1. The molecule has 0 bridgehead atoms. The summed E-state index contributed by atoms with van der Waals surface area (Å²) in [5, 5.41) is 0. The van der Waals surface area contributed by atoms with Crippen LogP contribution in [-0.2, 0) is 27.1 Å². The zero-order valence-electron chi connectivity index (χ0n) is 18.8. The van der Waals surface area contributed by atoms with Crippen molar-refractivity contribution in [2.75, 3.05) is 26.3 Å². The van der Waals surface area contributed by atoms with Gasteiger partial charge in [-0.2, -0.15) is 0 Å². The number of aryl methyl sites for hydroxylation is 1. The van der Waals surface area contributed by atoms with Crippen LogP contribution in [0.4, 0.5) is 4.79 Å². The Hall–Kier alpha value is -2.90. The molecule has 172 valence electrons. The monoisotopic (exact) mass is 440 g/mol. The highest BCUT2D eigenvalue weighted by Gasteiger charge is 2.25. The van der Waals surface area contributed by atoms with E-state index >= 15 is 0 Å². The first-order valence-corrected chi connectivity index (χ1v) is 11.0. The molecule has 0 aliphatic carbocycles. The van der Waals surface area contributed by atoms with Crippen LogP contribution in [0.25, 0.3) is 0 Å². The normalized spacial score (nSPS) is 15.2. The van der Waals surface area contributed by atoms with Gasteiger partial charge in [-0.1, -0.05) is 42.5 Å². The average Bonchev–Trinajstić information content (AvgIpc) is 2.79. The van der Waals surface area contributed by atoms with Crippen molar-refractivity contribution in [1.29, 1.82) is 0 Å². The third-order valence-electron chi connectivity index (χ3n) is 5.44. The summed E-state index contributed by atoms with van der Waals surface area (Å²) in [6.07, 6.45) is 1.15. The smallest absolute Gasteiger partial charge is 0.428 e. The second-order valence-corrected chi connectivity index (χ2v) is 8.59. The van der Waals surface area contributed by atoms with Crippen LogP contribution in [-0.4, -0.2) is 54.9 Å². The number of hydrogen-bond donors (Lipinski definition) is 1. The second-order valence-electron chi connectivity index (χ2n) is 8.59. The Morgan fingerprint density at radius 3 is 2.34 bits per heavy atom. The molecule has 0 unspecified atom stereocenters. The summed E-state index contributed by atoms with van der Waals surface area (Å²) in [6, 6.07) is 16.4. The summed E-state index contributed by atoms with van der Waals surface area (Å²) in [5.41, 5.74) is 7.53. The highest BCUT2D eigenvalue weighted by Crippen LogP contribution is 2.21. The number of nitrogens with zero attached hydrogens (tertiary/aromatic N) is 1. The summed E-state index contributed by atoms with van der Waals surface area (Å²) in [6.45, 7) is 5.97. The first kappa shape index (κ1) is 23.8. The Morgan fingerprint density at radius 1 is 1.03 bits per heavy atom. The Kier molecular flexibility index (Phi) is 8.25. The van der Waals surface area contributed by atoms with Crippen molar-refractivity contribution in [1.82, 2.24) is 4.90 Å². The number of nitrogens with two attached hydrogens (primary N) is 1. The van der Waals surface area contributed by atoms with Gasteiger partial charge in [0, 0.05) is 13.1 Å². The van der Waals surface area contributed by atoms with Crippen LogP contribution in [0.3, 0.4) is 0 Å². The average molecular weight is 441 g/mol. The van der Waals surface area contributed by atoms with Gasteiger partial charge in [0.05, 0.1) is 19.3 Å². The van der Waals surface area contributed by atoms with E-state index in [1.54, 1.807) is 29.2 Å². The number of benzene rings is 2. The maximum absolute atomic E-state index is 12.5. The van der Waals surface area contributed by atoms with Crippen LogP contribution in [0.1, 0.15) is 31.4 Å². The van der Waals surface area contributed by atoms with Gasteiger partial charge >= 0.3 is 6.16 Å². The molecule has 32 heavy (non-hydrogen) atoms. The Balaban J connectivity index is 1.45. The fourth-order valence-corrected chi connectivity index (χ4v) is 3.54. The third-order valence-corrected chi connectivity index (χ3v) is 5.44. The largest absolute Gasteiger partial charge is 0.514 e. The fourth-order valence-electron chi connectivity index (χ4n) is 3.54. The van der Waals surface area contributed by atoms with E-state index in [9.17, 15) is 9.59 Å². The van der Waals surface area contributed by atoms with Gasteiger partial charge in [0.2, 0.25) is 5.91 Å². The van der Waals surface area contributed by atoms with Gasteiger partial charge in [-0.05, 0) is 56.4 Å². The predicted octanol–water partition coefficient (Wildman–Crippen LogP) is 3.34. The molecule has 1 fully saturated rings. The van der Waals surface area contributed by atoms with Gasteiger partial charge in [0.15, 0.2) is 0 Å². The summed E-state index contributed by atoms with van der Waals surface area (Å²) in [4.78, 5) is 26.4. The molecule has 0 spiro atoms. The first-order chi connectivity index (χ1) is 15.3. The van der Waals surface area contributed by atoms with Gasteiger partial charge in [0.25, 0.3) is 0 Å². The third kappa shape index (κ3) is 7.35. The SMILES string of the molecule is CC(C)(CCc1ccccc1)OC(=O)Oc1ccc(C[C@H](N)C(=O)N2CCOCC2)cc1. The van der Waals surface area contributed by atoms with E-state index < -0.39 is 17.8 Å². The van der Waals surface area contributed by atoms with Gasteiger partial charge < -0.3 is 24.8 Å². The molecule has 2 aromatic carbocycles. The van der Waals surface area contributed by atoms with Crippen molar-refractivity contribution in [2.45, 2.75) is 44.8 Å². The number of hydrogen-bond acceptors (Lipinski definition) is 6. The predicted molar refractivity (Wildman–Crippen MR) is 121 cm³/mol. The molecule has 1 aliphatic heterocycles. The van der Waals surface area contributed by atoms with E-state index in [1.807, 2.05) is 32.0 Å². The summed E-state index contributed by atoms with van der Waals surface area (Å²) in [5.74, 6) is 0.306. The van der Waals surface area contributed by atoms with Crippen LogP contribution in [0.5, 0.6) is 5.75 Å². The van der Waals surface area contributed by atoms with Gasteiger partial charge in [0.1, 0.15) is 11.4 Å².